The topological polar surface area (TPSA) is 32.7 Å². The summed E-state index contributed by atoms with van der Waals surface area (Å²) in [5.74, 6) is 0.179. The van der Waals surface area contributed by atoms with Gasteiger partial charge in [0, 0.05) is 10.0 Å². The maximum absolute atomic E-state index is 9.52. The van der Waals surface area contributed by atoms with E-state index in [1.54, 1.807) is 30.4 Å². The standard InChI is InChI=1S/C15H15Cl2NO2/c1-20-18(9-11-4-2-3-5-14(11)16)10-12-8-13(19)6-7-15(12)17/h2-8,19H,9-10H2,1H3. The van der Waals surface area contributed by atoms with Crippen molar-refractivity contribution in [1.82, 2.24) is 5.06 Å². The molecule has 0 spiro atoms. The number of halogens is 2. The number of benzene rings is 2. The normalized spacial score (nSPS) is 11.0. The van der Waals surface area contributed by atoms with E-state index in [1.807, 2.05) is 24.3 Å². The Balaban J connectivity index is 2.13. The molecule has 2 aromatic rings. The Morgan fingerprint density at radius 1 is 1.00 bits per heavy atom. The van der Waals surface area contributed by atoms with Crippen LogP contribution in [0.25, 0.3) is 0 Å². The third-order valence-electron chi connectivity index (χ3n) is 2.94. The summed E-state index contributed by atoms with van der Waals surface area (Å²) < 4.78 is 0. The van der Waals surface area contributed by atoms with Gasteiger partial charge in [0.1, 0.15) is 5.75 Å². The molecule has 3 nitrogen and oxygen atoms in total. The van der Waals surface area contributed by atoms with Gasteiger partial charge in [-0.15, -0.1) is 0 Å². The molecule has 0 saturated carbocycles. The second-order valence-corrected chi connectivity index (χ2v) is 5.16. The molecule has 0 unspecified atom stereocenters. The molecular weight excluding hydrogens is 297 g/mol. The van der Waals surface area contributed by atoms with Crippen LogP contribution in [-0.4, -0.2) is 17.3 Å². The van der Waals surface area contributed by atoms with Gasteiger partial charge in [-0.25, -0.2) is 0 Å². The minimum Gasteiger partial charge on any atom is -0.508 e. The lowest BCUT2D eigenvalue weighted by Gasteiger charge is -2.21. The van der Waals surface area contributed by atoms with Gasteiger partial charge in [-0.05, 0) is 35.4 Å². The number of hydroxylamine groups is 2. The van der Waals surface area contributed by atoms with Crippen LogP contribution in [0.1, 0.15) is 11.1 Å². The molecule has 2 aromatic carbocycles. The van der Waals surface area contributed by atoms with E-state index in [-0.39, 0.29) is 5.75 Å². The van der Waals surface area contributed by atoms with Gasteiger partial charge in [0.15, 0.2) is 0 Å². The number of phenolic OH excluding ortho intramolecular Hbond substituents is 1. The molecule has 0 aliphatic rings. The van der Waals surface area contributed by atoms with Crippen molar-refractivity contribution in [2.45, 2.75) is 13.1 Å². The summed E-state index contributed by atoms with van der Waals surface area (Å²) in [6, 6.07) is 12.4. The highest BCUT2D eigenvalue weighted by Gasteiger charge is 2.11. The molecule has 106 valence electrons. The molecule has 20 heavy (non-hydrogen) atoms. The predicted molar refractivity (Wildman–Crippen MR) is 80.8 cm³/mol. The lowest BCUT2D eigenvalue weighted by Crippen LogP contribution is -2.21. The zero-order chi connectivity index (χ0) is 14.5. The summed E-state index contributed by atoms with van der Waals surface area (Å²) in [5.41, 5.74) is 1.76. The third kappa shape index (κ3) is 3.87. The Kier molecular flexibility index (Phi) is 5.26. The summed E-state index contributed by atoms with van der Waals surface area (Å²) in [5, 5.41) is 12.5. The number of rotatable bonds is 5. The minimum absolute atomic E-state index is 0.179. The number of hydrogen-bond acceptors (Lipinski definition) is 3. The summed E-state index contributed by atoms with van der Waals surface area (Å²) in [4.78, 5) is 5.34. The maximum atomic E-state index is 9.52. The highest BCUT2D eigenvalue weighted by Crippen LogP contribution is 2.24. The highest BCUT2D eigenvalue weighted by atomic mass is 35.5. The van der Waals surface area contributed by atoms with Crippen molar-refractivity contribution in [2.75, 3.05) is 7.11 Å². The fraction of sp³-hybridized carbons (Fsp3) is 0.200. The van der Waals surface area contributed by atoms with Crippen LogP contribution in [0, 0.1) is 0 Å². The largest absolute Gasteiger partial charge is 0.508 e. The van der Waals surface area contributed by atoms with Gasteiger partial charge in [0.25, 0.3) is 0 Å². The number of hydrogen-bond donors (Lipinski definition) is 1. The Morgan fingerprint density at radius 3 is 2.35 bits per heavy atom. The van der Waals surface area contributed by atoms with Crippen LogP contribution in [0.5, 0.6) is 5.75 Å². The zero-order valence-electron chi connectivity index (χ0n) is 11.0. The summed E-state index contributed by atoms with van der Waals surface area (Å²) in [6.07, 6.45) is 0. The molecule has 0 heterocycles. The molecular formula is C15H15Cl2NO2. The molecule has 0 bridgehead atoms. The van der Waals surface area contributed by atoms with Crippen molar-refractivity contribution in [3.05, 3.63) is 63.6 Å². The lowest BCUT2D eigenvalue weighted by atomic mass is 10.2. The molecule has 2 rings (SSSR count). The molecule has 1 N–H and O–H groups in total. The van der Waals surface area contributed by atoms with E-state index in [4.69, 9.17) is 28.0 Å². The SMILES string of the molecule is CON(Cc1ccccc1Cl)Cc1cc(O)ccc1Cl. The fourth-order valence-electron chi connectivity index (χ4n) is 1.87. The Morgan fingerprint density at radius 2 is 1.65 bits per heavy atom. The van der Waals surface area contributed by atoms with Gasteiger partial charge < -0.3 is 9.94 Å². The molecule has 0 atom stereocenters. The summed E-state index contributed by atoms with van der Waals surface area (Å²) in [6.45, 7) is 0.983. The van der Waals surface area contributed by atoms with Gasteiger partial charge in [-0.3, -0.25) is 0 Å². The number of phenols is 1. The predicted octanol–water partition coefficient (Wildman–Crippen LogP) is 4.26. The van der Waals surface area contributed by atoms with Gasteiger partial charge >= 0.3 is 0 Å². The van der Waals surface area contributed by atoms with Crippen LogP contribution in [0.15, 0.2) is 42.5 Å². The van der Waals surface area contributed by atoms with Gasteiger partial charge in [0.2, 0.25) is 0 Å². The molecule has 0 saturated heterocycles. The van der Waals surface area contributed by atoms with Crippen molar-refractivity contribution in [3.63, 3.8) is 0 Å². The van der Waals surface area contributed by atoms with E-state index in [2.05, 4.69) is 0 Å². The van der Waals surface area contributed by atoms with Crippen LogP contribution in [0.2, 0.25) is 10.0 Å². The summed E-state index contributed by atoms with van der Waals surface area (Å²) >= 11 is 12.2. The third-order valence-corrected chi connectivity index (χ3v) is 3.68. The quantitative estimate of drug-likeness (QED) is 0.837. The van der Waals surface area contributed by atoms with E-state index in [9.17, 15) is 5.11 Å². The van der Waals surface area contributed by atoms with Crippen LogP contribution in [0.3, 0.4) is 0 Å². The highest BCUT2D eigenvalue weighted by molar-refractivity contribution is 6.31. The van der Waals surface area contributed by atoms with Crippen molar-refractivity contribution in [3.8, 4) is 5.75 Å². The first-order valence-corrected chi connectivity index (χ1v) is 6.85. The fourth-order valence-corrected chi connectivity index (χ4v) is 2.25. The minimum atomic E-state index is 0.179. The Labute approximate surface area is 128 Å². The monoisotopic (exact) mass is 311 g/mol. The average molecular weight is 312 g/mol. The van der Waals surface area contributed by atoms with Gasteiger partial charge in [-0.2, -0.15) is 5.06 Å². The first-order chi connectivity index (χ1) is 9.60. The maximum Gasteiger partial charge on any atom is 0.116 e. The molecule has 0 aliphatic heterocycles. The zero-order valence-corrected chi connectivity index (χ0v) is 12.5. The van der Waals surface area contributed by atoms with Crippen molar-refractivity contribution in [2.24, 2.45) is 0 Å². The van der Waals surface area contributed by atoms with E-state index in [0.29, 0.717) is 23.1 Å². The molecule has 5 heteroatoms. The molecule has 0 aromatic heterocycles. The van der Waals surface area contributed by atoms with Crippen LogP contribution >= 0.6 is 23.2 Å². The Bertz CT molecular complexity index is 590. The molecule has 0 fully saturated rings. The lowest BCUT2D eigenvalue weighted by molar-refractivity contribution is -0.146. The molecule has 0 amide bonds. The van der Waals surface area contributed by atoms with Crippen molar-refractivity contribution in [1.29, 1.82) is 0 Å². The van der Waals surface area contributed by atoms with E-state index in [0.717, 1.165) is 11.1 Å². The van der Waals surface area contributed by atoms with Crippen molar-refractivity contribution >= 4 is 23.2 Å². The molecule has 0 aliphatic carbocycles. The van der Waals surface area contributed by atoms with E-state index < -0.39 is 0 Å². The van der Waals surface area contributed by atoms with E-state index >= 15 is 0 Å². The first kappa shape index (κ1) is 15.1. The molecule has 0 radical (unpaired) electrons. The summed E-state index contributed by atoms with van der Waals surface area (Å²) in [7, 11) is 1.59. The number of nitrogens with zero attached hydrogens (tertiary/aromatic N) is 1. The second-order valence-electron chi connectivity index (χ2n) is 4.35. The average Bonchev–Trinajstić information content (AvgIpc) is 2.44. The van der Waals surface area contributed by atoms with Crippen LogP contribution in [-0.2, 0) is 17.9 Å². The van der Waals surface area contributed by atoms with Gasteiger partial charge in [0.05, 0.1) is 20.2 Å². The number of aromatic hydroxyl groups is 1. The first-order valence-electron chi connectivity index (χ1n) is 6.10. The second kappa shape index (κ2) is 6.95. The van der Waals surface area contributed by atoms with Gasteiger partial charge in [-0.1, -0.05) is 41.4 Å². The van der Waals surface area contributed by atoms with Crippen LogP contribution < -0.4 is 0 Å². The van der Waals surface area contributed by atoms with Crippen molar-refractivity contribution < 1.29 is 9.94 Å². The smallest absolute Gasteiger partial charge is 0.116 e. The Hall–Kier alpha value is -1.26. The van der Waals surface area contributed by atoms with E-state index in [1.165, 1.54) is 0 Å². The van der Waals surface area contributed by atoms with Crippen LogP contribution in [0.4, 0.5) is 0 Å².